The number of carbonyl (C=O) groups is 1. The van der Waals surface area contributed by atoms with Crippen molar-refractivity contribution in [2.24, 2.45) is 5.92 Å². The fraction of sp³-hybridized carbons (Fsp3) is 0.259. The van der Waals surface area contributed by atoms with E-state index >= 15 is 0 Å². The van der Waals surface area contributed by atoms with Gasteiger partial charge in [0.25, 0.3) is 0 Å². The molecule has 0 bridgehead atoms. The largest absolute Gasteiger partial charge is 0.497 e. The predicted molar refractivity (Wildman–Crippen MR) is 134 cm³/mol. The number of methoxy groups -OCH3 is 1. The Bertz CT molecular complexity index is 1190. The zero-order valence-corrected chi connectivity index (χ0v) is 19.4. The number of anilines is 1. The van der Waals surface area contributed by atoms with Gasteiger partial charge in [-0.25, -0.2) is 4.98 Å². The van der Waals surface area contributed by atoms with Crippen LogP contribution in [0.25, 0.3) is 10.2 Å². The molecule has 33 heavy (non-hydrogen) atoms. The summed E-state index contributed by atoms with van der Waals surface area (Å²) < 4.78 is 6.45. The van der Waals surface area contributed by atoms with E-state index in [1.807, 2.05) is 54.6 Å². The number of fused-ring (bicyclic) bond motifs is 1. The van der Waals surface area contributed by atoms with E-state index in [1.54, 1.807) is 18.4 Å². The molecule has 4 aromatic rings. The highest BCUT2D eigenvalue weighted by Gasteiger charge is 2.29. The van der Waals surface area contributed by atoms with E-state index < -0.39 is 0 Å². The molecule has 1 saturated heterocycles. The van der Waals surface area contributed by atoms with Gasteiger partial charge in [0.05, 0.1) is 29.3 Å². The third-order valence-corrected chi connectivity index (χ3v) is 7.28. The molecule has 1 aromatic heterocycles. The van der Waals surface area contributed by atoms with Crippen LogP contribution in [0.15, 0.2) is 78.9 Å². The van der Waals surface area contributed by atoms with E-state index in [2.05, 4.69) is 34.5 Å². The topological polar surface area (TPSA) is 54.5 Å². The van der Waals surface area contributed by atoms with Crippen molar-refractivity contribution in [2.75, 3.05) is 25.1 Å². The van der Waals surface area contributed by atoms with Gasteiger partial charge in [-0.15, -0.1) is 0 Å². The standard InChI is InChI=1S/C27H27N3O2S/c1-32-22-14-15-23-24(17-22)33-27(28-23)30-16-8-13-21(18-30)26(31)29-25(19-9-4-2-5-10-19)20-11-6-3-7-12-20/h2-7,9-12,14-15,17,21,25H,8,13,16,18H2,1H3,(H,29,31). The smallest absolute Gasteiger partial charge is 0.225 e. The van der Waals surface area contributed by atoms with Gasteiger partial charge in [0.15, 0.2) is 5.13 Å². The van der Waals surface area contributed by atoms with Crippen molar-refractivity contribution in [2.45, 2.75) is 18.9 Å². The molecule has 0 saturated carbocycles. The van der Waals surface area contributed by atoms with Gasteiger partial charge < -0.3 is 15.0 Å². The molecule has 1 aliphatic rings. The van der Waals surface area contributed by atoms with Crippen molar-refractivity contribution in [3.05, 3.63) is 90.0 Å². The Morgan fingerprint density at radius 1 is 1.06 bits per heavy atom. The average molecular weight is 458 g/mol. The predicted octanol–water partition coefficient (Wildman–Crippen LogP) is 5.43. The molecule has 1 aliphatic heterocycles. The molecule has 0 radical (unpaired) electrons. The lowest BCUT2D eigenvalue weighted by molar-refractivity contribution is -0.125. The highest BCUT2D eigenvalue weighted by molar-refractivity contribution is 7.22. The van der Waals surface area contributed by atoms with Gasteiger partial charge >= 0.3 is 0 Å². The number of nitrogens with one attached hydrogen (secondary N) is 1. The van der Waals surface area contributed by atoms with E-state index in [-0.39, 0.29) is 17.9 Å². The van der Waals surface area contributed by atoms with Crippen LogP contribution < -0.4 is 15.0 Å². The van der Waals surface area contributed by atoms with Crippen LogP contribution in [0.4, 0.5) is 5.13 Å². The lowest BCUT2D eigenvalue weighted by Gasteiger charge is -2.33. The van der Waals surface area contributed by atoms with Gasteiger partial charge in [0.2, 0.25) is 5.91 Å². The molecule has 1 fully saturated rings. The highest BCUT2D eigenvalue weighted by Crippen LogP contribution is 2.34. The molecular formula is C27H27N3O2S. The second-order valence-electron chi connectivity index (χ2n) is 8.38. The second-order valence-corrected chi connectivity index (χ2v) is 9.39. The van der Waals surface area contributed by atoms with Crippen molar-refractivity contribution in [3.63, 3.8) is 0 Å². The number of thiazole rings is 1. The Morgan fingerprint density at radius 2 is 1.76 bits per heavy atom. The van der Waals surface area contributed by atoms with E-state index in [0.29, 0.717) is 6.54 Å². The third kappa shape index (κ3) is 4.71. The van der Waals surface area contributed by atoms with Crippen LogP contribution in [-0.2, 0) is 4.79 Å². The molecule has 3 aromatic carbocycles. The first-order chi connectivity index (χ1) is 16.2. The van der Waals surface area contributed by atoms with Gasteiger partial charge in [-0.1, -0.05) is 72.0 Å². The summed E-state index contributed by atoms with van der Waals surface area (Å²) in [6, 6.07) is 26.1. The number of nitrogens with zero attached hydrogens (tertiary/aromatic N) is 2. The van der Waals surface area contributed by atoms with Crippen LogP contribution in [0.5, 0.6) is 5.75 Å². The first-order valence-corrected chi connectivity index (χ1v) is 12.1. The van der Waals surface area contributed by atoms with Crippen molar-refractivity contribution in [3.8, 4) is 5.75 Å². The number of amides is 1. The van der Waals surface area contributed by atoms with Crippen molar-refractivity contribution in [1.82, 2.24) is 10.3 Å². The van der Waals surface area contributed by atoms with Gasteiger partial charge in [0, 0.05) is 13.1 Å². The van der Waals surface area contributed by atoms with E-state index in [0.717, 1.165) is 51.6 Å². The Kier molecular flexibility index (Phi) is 6.26. The van der Waals surface area contributed by atoms with Gasteiger partial charge in [0.1, 0.15) is 5.75 Å². The Labute approximate surface area is 198 Å². The number of benzene rings is 3. The van der Waals surface area contributed by atoms with Crippen molar-refractivity contribution in [1.29, 1.82) is 0 Å². The second kappa shape index (κ2) is 9.63. The van der Waals surface area contributed by atoms with Crippen molar-refractivity contribution >= 4 is 32.6 Å². The summed E-state index contributed by atoms with van der Waals surface area (Å²) in [4.78, 5) is 20.5. The number of rotatable bonds is 6. The fourth-order valence-electron chi connectivity index (χ4n) is 4.43. The maximum atomic E-state index is 13.4. The summed E-state index contributed by atoms with van der Waals surface area (Å²) in [5.41, 5.74) is 3.14. The first kappa shape index (κ1) is 21.5. The lowest BCUT2D eigenvalue weighted by Crippen LogP contribution is -2.44. The normalized spacial score (nSPS) is 16.2. The van der Waals surface area contributed by atoms with Crippen LogP contribution in [0.1, 0.15) is 30.0 Å². The zero-order valence-electron chi connectivity index (χ0n) is 18.6. The maximum Gasteiger partial charge on any atom is 0.225 e. The molecule has 1 atom stereocenters. The maximum absolute atomic E-state index is 13.4. The summed E-state index contributed by atoms with van der Waals surface area (Å²) in [7, 11) is 1.68. The van der Waals surface area contributed by atoms with Gasteiger partial charge in [-0.05, 0) is 42.2 Å². The number of hydrogen-bond acceptors (Lipinski definition) is 5. The third-order valence-electron chi connectivity index (χ3n) is 6.20. The quantitative estimate of drug-likeness (QED) is 0.420. The summed E-state index contributed by atoms with van der Waals surface area (Å²) in [6.45, 7) is 1.60. The molecule has 1 N–H and O–H groups in total. The summed E-state index contributed by atoms with van der Waals surface area (Å²) in [6.07, 6.45) is 1.86. The molecule has 2 heterocycles. The lowest BCUT2D eigenvalue weighted by atomic mass is 9.94. The molecule has 0 aliphatic carbocycles. The van der Waals surface area contributed by atoms with Crippen LogP contribution in [-0.4, -0.2) is 31.1 Å². The summed E-state index contributed by atoms with van der Waals surface area (Å²) in [5, 5.41) is 4.30. The first-order valence-electron chi connectivity index (χ1n) is 11.3. The monoisotopic (exact) mass is 457 g/mol. The van der Waals surface area contributed by atoms with Crippen molar-refractivity contribution < 1.29 is 9.53 Å². The minimum absolute atomic E-state index is 0.0739. The molecular weight excluding hydrogens is 430 g/mol. The SMILES string of the molecule is COc1ccc2nc(N3CCCC(C(=O)NC(c4ccccc4)c4ccccc4)C3)sc2c1. The van der Waals surface area contributed by atoms with E-state index in [1.165, 1.54) is 0 Å². The summed E-state index contributed by atoms with van der Waals surface area (Å²) in [5.74, 6) is 0.858. The molecule has 168 valence electrons. The fourth-order valence-corrected chi connectivity index (χ4v) is 5.46. The van der Waals surface area contributed by atoms with Crippen LogP contribution in [0.2, 0.25) is 0 Å². The Morgan fingerprint density at radius 3 is 2.42 bits per heavy atom. The summed E-state index contributed by atoms with van der Waals surface area (Å²) >= 11 is 1.66. The van der Waals surface area contributed by atoms with Crippen LogP contribution in [0, 0.1) is 5.92 Å². The number of aromatic nitrogens is 1. The zero-order chi connectivity index (χ0) is 22.6. The number of carbonyl (C=O) groups excluding carboxylic acids is 1. The van der Waals surface area contributed by atoms with E-state index in [9.17, 15) is 4.79 Å². The molecule has 1 amide bonds. The van der Waals surface area contributed by atoms with Gasteiger partial charge in [-0.3, -0.25) is 4.79 Å². The minimum Gasteiger partial charge on any atom is -0.497 e. The number of ether oxygens (including phenoxy) is 1. The average Bonchev–Trinajstić information content (AvgIpc) is 3.32. The Balaban J connectivity index is 1.34. The van der Waals surface area contributed by atoms with E-state index in [4.69, 9.17) is 9.72 Å². The Hall–Kier alpha value is -3.38. The highest BCUT2D eigenvalue weighted by atomic mass is 32.1. The van der Waals surface area contributed by atoms with Crippen LogP contribution >= 0.6 is 11.3 Å². The minimum atomic E-state index is -0.162. The molecule has 0 spiro atoms. The number of piperidine rings is 1. The number of hydrogen-bond donors (Lipinski definition) is 1. The van der Waals surface area contributed by atoms with Gasteiger partial charge in [-0.2, -0.15) is 0 Å². The molecule has 1 unspecified atom stereocenters. The molecule has 5 nitrogen and oxygen atoms in total. The molecule has 6 heteroatoms. The van der Waals surface area contributed by atoms with Crippen LogP contribution in [0.3, 0.4) is 0 Å². The molecule has 5 rings (SSSR count).